The van der Waals surface area contributed by atoms with Gasteiger partial charge in [0.05, 0.1) is 6.10 Å². The van der Waals surface area contributed by atoms with Crippen LogP contribution in [0.4, 0.5) is 8.78 Å². The number of halogens is 2. The van der Waals surface area contributed by atoms with Gasteiger partial charge in [-0.2, -0.15) is 0 Å². The van der Waals surface area contributed by atoms with E-state index in [0.717, 1.165) is 24.5 Å². The number of hydrogen-bond acceptors (Lipinski definition) is 2. The standard InChI is InChI=1S/C16H23F2NO/c1-3-11-5-7-15(10(11)2)19-9-16(20)12-4-6-13(17)14(18)8-12/h4,6,8,10-11,15-16,19-20H,3,5,7,9H2,1-2H3. The van der Waals surface area contributed by atoms with Gasteiger partial charge in [0.2, 0.25) is 0 Å². The molecule has 0 aromatic heterocycles. The van der Waals surface area contributed by atoms with E-state index in [0.29, 0.717) is 24.1 Å². The lowest BCUT2D eigenvalue weighted by Gasteiger charge is -2.22. The normalized spacial score (nSPS) is 27.8. The summed E-state index contributed by atoms with van der Waals surface area (Å²) in [6.45, 7) is 4.82. The van der Waals surface area contributed by atoms with E-state index in [2.05, 4.69) is 19.2 Å². The monoisotopic (exact) mass is 283 g/mol. The minimum atomic E-state index is -0.915. The highest BCUT2D eigenvalue weighted by Crippen LogP contribution is 2.34. The van der Waals surface area contributed by atoms with Crippen molar-refractivity contribution in [3.8, 4) is 0 Å². The van der Waals surface area contributed by atoms with Crippen molar-refractivity contribution in [1.29, 1.82) is 0 Å². The summed E-state index contributed by atoms with van der Waals surface area (Å²) in [6.07, 6.45) is 2.71. The number of aliphatic hydroxyl groups excluding tert-OH is 1. The maximum absolute atomic E-state index is 13.1. The van der Waals surface area contributed by atoms with E-state index < -0.39 is 17.7 Å². The Morgan fingerprint density at radius 2 is 2.05 bits per heavy atom. The molecule has 1 aliphatic rings. The van der Waals surface area contributed by atoms with Crippen LogP contribution in [0.15, 0.2) is 18.2 Å². The van der Waals surface area contributed by atoms with Gasteiger partial charge in [-0.05, 0) is 42.4 Å². The molecule has 1 aromatic carbocycles. The van der Waals surface area contributed by atoms with Crippen molar-refractivity contribution in [2.24, 2.45) is 11.8 Å². The third-order valence-corrected chi connectivity index (χ3v) is 4.65. The summed E-state index contributed by atoms with van der Waals surface area (Å²) in [6, 6.07) is 3.95. The lowest BCUT2D eigenvalue weighted by atomic mass is 9.93. The van der Waals surface area contributed by atoms with Gasteiger partial charge >= 0.3 is 0 Å². The van der Waals surface area contributed by atoms with Gasteiger partial charge in [0.15, 0.2) is 11.6 Å². The quantitative estimate of drug-likeness (QED) is 0.868. The van der Waals surface area contributed by atoms with Crippen molar-refractivity contribution in [2.75, 3.05) is 6.54 Å². The summed E-state index contributed by atoms with van der Waals surface area (Å²) >= 11 is 0. The zero-order chi connectivity index (χ0) is 14.7. The topological polar surface area (TPSA) is 32.3 Å². The molecular formula is C16H23F2NO. The molecule has 0 amide bonds. The molecule has 4 unspecified atom stereocenters. The van der Waals surface area contributed by atoms with Gasteiger partial charge in [0.25, 0.3) is 0 Å². The van der Waals surface area contributed by atoms with Gasteiger partial charge < -0.3 is 10.4 Å². The average Bonchev–Trinajstić information content (AvgIpc) is 2.79. The van der Waals surface area contributed by atoms with Crippen molar-refractivity contribution in [2.45, 2.75) is 45.3 Å². The molecule has 1 fully saturated rings. The fourth-order valence-corrected chi connectivity index (χ4v) is 3.21. The molecule has 0 bridgehead atoms. The van der Waals surface area contributed by atoms with Crippen LogP contribution in [0, 0.1) is 23.5 Å². The van der Waals surface area contributed by atoms with Crippen molar-refractivity contribution < 1.29 is 13.9 Å². The molecular weight excluding hydrogens is 260 g/mol. The molecule has 1 aromatic rings. The molecule has 0 saturated heterocycles. The lowest BCUT2D eigenvalue weighted by molar-refractivity contribution is 0.164. The van der Waals surface area contributed by atoms with Gasteiger partial charge in [-0.15, -0.1) is 0 Å². The number of aliphatic hydroxyl groups is 1. The highest BCUT2D eigenvalue weighted by atomic mass is 19.2. The van der Waals surface area contributed by atoms with Crippen molar-refractivity contribution in [1.82, 2.24) is 5.32 Å². The minimum Gasteiger partial charge on any atom is -0.387 e. The van der Waals surface area contributed by atoms with Crippen molar-refractivity contribution in [3.05, 3.63) is 35.4 Å². The Morgan fingerprint density at radius 1 is 1.30 bits per heavy atom. The molecule has 0 spiro atoms. The maximum atomic E-state index is 13.1. The lowest BCUT2D eigenvalue weighted by Crippen LogP contribution is -2.35. The zero-order valence-corrected chi connectivity index (χ0v) is 12.1. The summed E-state index contributed by atoms with van der Waals surface area (Å²) in [7, 11) is 0. The van der Waals surface area contributed by atoms with Crippen LogP contribution in [-0.2, 0) is 0 Å². The summed E-state index contributed by atoms with van der Waals surface area (Å²) in [5.74, 6) is -0.462. The number of nitrogens with one attached hydrogen (secondary N) is 1. The fourth-order valence-electron chi connectivity index (χ4n) is 3.21. The second-order valence-electron chi connectivity index (χ2n) is 5.81. The smallest absolute Gasteiger partial charge is 0.159 e. The van der Waals surface area contributed by atoms with E-state index in [4.69, 9.17) is 0 Å². The first-order chi connectivity index (χ1) is 9.52. The van der Waals surface area contributed by atoms with Crippen LogP contribution in [0.3, 0.4) is 0 Å². The Bertz CT molecular complexity index is 452. The Morgan fingerprint density at radius 3 is 2.65 bits per heavy atom. The molecule has 0 heterocycles. The molecule has 2 rings (SSSR count). The first-order valence-corrected chi connectivity index (χ1v) is 7.39. The maximum Gasteiger partial charge on any atom is 0.159 e. The van der Waals surface area contributed by atoms with Crippen LogP contribution in [0.5, 0.6) is 0 Å². The molecule has 0 aliphatic heterocycles. The summed E-state index contributed by atoms with van der Waals surface area (Å²) in [4.78, 5) is 0. The van der Waals surface area contributed by atoms with E-state index in [9.17, 15) is 13.9 Å². The van der Waals surface area contributed by atoms with E-state index in [-0.39, 0.29) is 0 Å². The number of benzene rings is 1. The minimum absolute atomic E-state index is 0.372. The van der Waals surface area contributed by atoms with Gasteiger partial charge in [-0.3, -0.25) is 0 Å². The van der Waals surface area contributed by atoms with Crippen LogP contribution in [-0.4, -0.2) is 17.7 Å². The second-order valence-corrected chi connectivity index (χ2v) is 5.81. The van der Waals surface area contributed by atoms with Crippen LogP contribution in [0.25, 0.3) is 0 Å². The van der Waals surface area contributed by atoms with Gasteiger partial charge in [0, 0.05) is 12.6 Å². The number of rotatable bonds is 5. The van der Waals surface area contributed by atoms with E-state index >= 15 is 0 Å². The first-order valence-electron chi connectivity index (χ1n) is 7.39. The molecule has 1 aliphatic carbocycles. The molecule has 2 nitrogen and oxygen atoms in total. The van der Waals surface area contributed by atoms with Crippen molar-refractivity contribution >= 4 is 0 Å². The molecule has 112 valence electrons. The van der Waals surface area contributed by atoms with Crippen LogP contribution in [0.1, 0.15) is 44.8 Å². The molecule has 1 saturated carbocycles. The third-order valence-electron chi connectivity index (χ3n) is 4.65. The third kappa shape index (κ3) is 3.36. The number of hydrogen-bond donors (Lipinski definition) is 2. The Kier molecular flexibility index (Phi) is 5.11. The van der Waals surface area contributed by atoms with Gasteiger partial charge in [-0.25, -0.2) is 8.78 Å². The van der Waals surface area contributed by atoms with E-state index in [1.807, 2.05) is 0 Å². The van der Waals surface area contributed by atoms with Gasteiger partial charge in [-0.1, -0.05) is 26.3 Å². The van der Waals surface area contributed by atoms with Crippen molar-refractivity contribution in [3.63, 3.8) is 0 Å². The molecule has 4 heteroatoms. The molecule has 20 heavy (non-hydrogen) atoms. The predicted octanol–water partition coefficient (Wildman–Crippen LogP) is 3.41. The van der Waals surface area contributed by atoms with Crippen LogP contribution in [0.2, 0.25) is 0 Å². The van der Waals surface area contributed by atoms with E-state index in [1.165, 1.54) is 18.9 Å². The molecule has 0 radical (unpaired) electrons. The average molecular weight is 283 g/mol. The van der Waals surface area contributed by atoms with Crippen LogP contribution >= 0.6 is 0 Å². The Balaban J connectivity index is 1.89. The fraction of sp³-hybridized carbons (Fsp3) is 0.625. The highest BCUT2D eigenvalue weighted by Gasteiger charge is 2.31. The molecule has 2 N–H and O–H groups in total. The SMILES string of the molecule is CCC1CCC(NCC(O)c2ccc(F)c(F)c2)C1C. The first kappa shape index (κ1) is 15.4. The predicted molar refractivity (Wildman–Crippen MR) is 75.3 cm³/mol. The van der Waals surface area contributed by atoms with Gasteiger partial charge in [0.1, 0.15) is 0 Å². The zero-order valence-electron chi connectivity index (χ0n) is 12.1. The highest BCUT2D eigenvalue weighted by molar-refractivity contribution is 5.20. The van der Waals surface area contributed by atoms with Crippen LogP contribution < -0.4 is 5.32 Å². The summed E-state index contributed by atoms with van der Waals surface area (Å²) in [5.41, 5.74) is 0.411. The summed E-state index contributed by atoms with van der Waals surface area (Å²) in [5, 5.41) is 13.4. The Labute approximate surface area is 119 Å². The summed E-state index contributed by atoms with van der Waals surface area (Å²) < 4.78 is 26.0. The van der Waals surface area contributed by atoms with E-state index in [1.54, 1.807) is 0 Å². The largest absolute Gasteiger partial charge is 0.387 e. The second kappa shape index (κ2) is 6.64. The molecule has 4 atom stereocenters. The Hall–Kier alpha value is -1.00.